The first-order chi connectivity index (χ1) is 5.85. The van der Waals surface area contributed by atoms with Crippen molar-refractivity contribution >= 4 is 22.5 Å². The molecule has 0 nitrogen and oxygen atoms in total. The summed E-state index contributed by atoms with van der Waals surface area (Å²) in [7, 11) is 1.57. The van der Waals surface area contributed by atoms with Gasteiger partial charge in [0.15, 0.2) is 0 Å². The minimum absolute atomic E-state index is 0.937. The Morgan fingerprint density at radius 1 is 1.17 bits per heavy atom. The lowest BCUT2D eigenvalue weighted by molar-refractivity contribution is 0.436. The SMILES string of the molecule is CCCCCC(CC)CCS[S]. The summed E-state index contributed by atoms with van der Waals surface area (Å²) in [5, 5.41) is 0. The zero-order valence-electron chi connectivity index (χ0n) is 8.34. The van der Waals surface area contributed by atoms with Crippen LogP contribution in [0.2, 0.25) is 0 Å². The maximum atomic E-state index is 4.87. The van der Waals surface area contributed by atoms with Crippen LogP contribution >= 0.6 is 22.5 Å². The van der Waals surface area contributed by atoms with Gasteiger partial charge in [0.2, 0.25) is 0 Å². The van der Waals surface area contributed by atoms with Gasteiger partial charge in [0.05, 0.1) is 0 Å². The summed E-state index contributed by atoms with van der Waals surface area (Å²) in [4.78, 5) is 0. The van der Waals surface area contributed by atoms with Gasteiger partial charge in [0.25, 0.3) is 0 Å². The molecule has 0 aliphatic rings. The van der Waals surface area contributed by atoms with E-state index in [-0.39, 0.29) is 0 Å². The predicted molar refractivity (Wildman–Crippen MR) is 62.6 cm³/mol. The van der Waals surface area contributed by atoms with E-state index in [1.54, 1.807) is 10.8 Å². The van der Waals surface area contributed by atoms with E-state index in [4.69, 9.17) is 11.7 Å². The van der Waals surface area contributed by atoms with Gasteiger partial charge in [-0.15, -0.1) is 0 Å². The largest absolute Gasteiger partial charge is 0.0817 e. The molecule has 0 amide bonds. The maximum Gasteiger partial charge on any atom is 0.00480 e. The third-order valence-corrected chi connectivity index (χ3v) is 3.31. The minimum atomic E-state index is 0.937. The molecule has 0 saturated carbocycles. The highest BCUT2D eigenvalue weighted by molar-refractivity contribution is 8.68. The van der Waals surface area contributed by atoms with Crippen LogP contribution < -0.4 is 0 Å². The molecule has 0 aromatic carbocycles. The number of rotatable bonds is 8. The first kappa shape index (κ1) is 12.7. The van der Waals surface area contributed by atoms with Crippen molar-refractivity contribution in [1.29, 1.82) is 0 Å². The molecule has 73 valence electrons. The summed E-state index contributed by atoms with van der Waals surface area (Å²) < 4.78 is 0. The molecule has 0 rings (SSSR count). The summed E-state index contributed by atoms with van der Waals surface area (Å²) in [6, 6.07) is 0. The third-order valence-electron chi connectivity index (χ3n) is 2.40. The van der Waals surface area contributed by atoms with Crippen molar-refractivity contribution < 1.29 is 0 Å². The fourth-order valence-corrected chi connectivity index (χ4v) is 2.17. The highest BCUT2D eigenvalue weighted by Crippen LogP contribution is 2.20. The Bertz CT molecular complexity index is 83.9. The molecule has 0 aliphatic heterocycles. The quantitative estimate of drug-likeness (QED) is 0.404. The first-order valence-electron chi connectivity index (χ1n) is 5.09. The lowest BCUT2D eigenvalue weighted by Crippen LogP contribution is -1.99. The average molecular weight is 205 g/mol. The Balaban J connectivity index is 3.26. The molecule has 1 radical (unpaired) electrons. The van der Waals surface area contributed by atoms with Crippen LogP contribution in [-0.4, -0.2) is 5.75 Å². The van der Waals surface area contributed by atoms with Gasteiger partial charge in [-0.05, 0) is 24.0 Å². The van der Waals surface area contributed by atoms with E-state index in [9.17, 15) is 0 Å². The molecule has 2 heteroatoms. The van der Waals surface area contributed by atoms with E-state index >= 15 is 0 Å². The normalized spacial score (nSPS) is 13.2. The van der Waals surface area contributed by atoms with Gasteiger partial charge < -0.3 is 0 Å². The molecule has 0 N–H and O–H groups in total. The molecule has 0 bridgehead atoms. The smallest absolute Gasteiger partial charge is 0.00480 e. The molecule has 0 aliphatic carbocycles. The van der Waals surface area contributed by atoms with Crippen LogP contribution in [0.4, 0.5) is 0 Å². The lowest BCUT2D eigenvalue weighted by atomic mass is 9.96. The highest BCUT2D eigenvalue weighted by atomic mass is 33.1. The predicted octanol–water partition coefficient (Wildman–Crippen LogP) is 4.83. The first-order valence-corrected chi connectivity index (χ1v) is 7.00. The second-order valence-corrected chi connectivity index (χ2v) is 4.73. The number of hydrogen-bond donors (Lipinski definition) is 0. The van der Waals surface area contributed by atoms with Crippen molar-refractivity contribution in [2.75, 3.05) is 5.75 Å². The van der Waals surface area contributed by atoms with Gasteiger partial charge in [-0.2, -0.15) is 0 Å². The minimum Gasteiger partial charge on any atom is -0.0817 e. The monoisotopic (exact) mass is 205 g/mol. The van der Waals surface area contributed by atoms with Crippen LogP contribution in [0.3, 0.4) is 0 Å². The maximum absolute atomic E-state index is 4.87. The van der Waals surface area contributed by atoms with Gasteiger partial charge in [-0.3, -0.25) is 0 Å². The van der Waals surface area contributed by atoms with E-state index in [2.05, 4.69) is 13.8 Å². The van der Waals surface area contributed by atoms with Crippen LogP contribution in [0.5, 0.6) is 0 Å². The van der Waals surface area contributed by atoms with Crippen molar-refractivity contribution in [1.82, 2.24) is 0 Å². The zero-order chi connectivity index (χ0) is 9.23. The Hall–Kier alpha value is 0.700. The van der Waals surface area contributed by atoms with Crippen molar-refractivity contribution in [3.63, 3.8) is 0 Å². The molecule has 0 heterocycles. The van der Waals surface area contributed by atoms with Crippen LogP contribution in [0.1, 0.15) is 52.4 Å². The lowest BCUT2D eigenvalue weighted by Gasteiger charge is -2.12. The van der Waals surface area contributed by atoms with Gasteiger partial charge in [0, 0.05) is 5.75 Å². The molecule has 1 atom stereocenters. The van der Waals surface area contributed by atoms with Gasteiger partial charge >= 0.3 is 0 Å². The van der Waals surface area contributed by atoms with Gasteiger partial charge in [-0.1, -0.05) is 56.7 Å². The van der Waals surface area contributed by atoms with E-state index < -0.39 is 0 Å². The molecule has 0 aromatic heterocycles. The molecular formula is C10H21S2. The number of hydrogen-bond acceptors (Lipinski definition) is 1. The standard InChI is InChI=1S/C10H21S2/c1-3-5-6-7-10(4-2)8-9-12-11/h10H,3-9H2,1-2H3. The van der Waals surface area contributed by atoms with Crippen LogP contribution in [-0.2, 0) is 0 Å². The molecule has 0 aromatic rings. The summed E-state index contributed by atoms with van der Waals surface area (Å²) in [5.74, 6) is 2.10. The van der Waals surface area contributed by atoms with Gasteiger partial charge in [-0.25, -0.2) is 0 Å². The molecule has 0 spiro atoms. The molecule has 0 saturated heterocycles. The third kappa shape index (κ3) is 7.35. The van der Waals surface area contributed by atoms with E-state index in [0.29, 0.717) is 0 Å². The van der Waals surface area contributed by atoms with E-state index in [0.717, 1.165) is 5.92 Å². The second-order valence-electron chi connectivity index (χ2n) is 3.38. The Morgan fingerprint density at radius 2 is 1.92 bits per heavy atom. The molecular weight excluding hydrogens is 184 g/mol. The highest BCUT2D eigenvalue weighted by Gasteiger charge is 2.04. The van der Waals surface area contributed by atoms with Gasteiger partial charge in [0.1, 0.15) is 0 Å². The van der Waals surface area contributed by atoms with E-state index in [1.165, 1.54) is 44.3 Å². The summed E-state index contributed by atoms with van der Waals surface area (Å²) in [5.41, 5.74) is 0. The van der Waals surface area contributed by atoms with Crippen molar-refractivity contribution in [2.24, 2.45) is 5.92 Å². The van der Waals surface area contributed by atoms with Crippen LogP contribution in [0, 0.1) is 5.92 Å². The fourth-order valence-electron chi connectivity index (χ4n) is 1.45. The summed E-state index contributed by atoms with van der Waals surface area (Å²) >= 11 is 4.87. The van der Waals surface area contributed by atoms with E-state index in [1.807, 2.05) is 0 Å². The van der Waals surface area contributed by atoms with Crippen molar-refractivity contribution in [2.45, 2.75) is 52.4 Å². The fraction of sp³-hybridized carbons (Fsp3) is 1.00. The van der Waals surface area contributed by atoms with Crippen LogP contribution in [0.25, 0.3) is 0 Å². The number of unbranched alkanes of at least 4 members (excludes halogenated alkanes) is 2. The Morgan fingerprint density at radius 3 is 2.42 bits per heavy atom. The van der Waals surface area contributed by atoms with Crippen molar-refractivity contribution in [3.8, 4) is 0 Å². The zero-order valence-corrected chi connectivity index (χ0v) is 9.98. The van der Waals surface area contributed by atoms with Crippen molar-refractivity contribution in [3.05, 3.63) is 0 Å². The topological polar surface area (TPSA) is 0 Å². The van der Waals surface area contributed by atoms with Crippen LogP contribution in [0.15, 0.2) is 0 Å². The second kappa shape index (κ2) is 9.79. The molecule has 0 fully saturated rings. The summed E-state index contributed by atoms with van der Waals surface area (Å²) in [6.45, 7) is 4.56. The molecule has 12 heavy (non-hydrogen) atoms. The Labute approximate surface area is 86.7 Å². The average Bonchev–Trinajstić information content (AvgIpc) is 2.11. The Kier molecular flexibility index (Phi) is 10.4. The molecule has 1 unspecified atom stereocenters. The summed E-state index contributed by atoms with van der Waals surface area (Å²) in [6.07, 6.45) is 8.23.